The van der Waals surface area contributed by atoms with Gasteiger partial charge in [-0.25, -0.2) is 0 Å². The van der Waals surface area contributed by atoms with E-state index in [9.17, 15) is 0 Å². The van der Waals surface area contributed by atoms with Gasteiger partial charge in [0.15, 0.2) is 0 Å². The minimum atomic E-state index is 0.277. The van der Waals surface area contributed by atoms with Crippen LogP contribution in [0.2, 0.25) is 0 Å². The Balaban J connectivity index is 1.78. The number of furan rings is 1. The summed E-state index contributed by atoms with van der Waals surface area (Å²) in [4.78, 5) is 4.37. The van der Waals surface area contributed by atoms with Crippen molar-refractivity contribution in [3.63, 3.8) is 0 Å². The maximum Gasteiger partial charge on any atom is 0.109 e. The van der Waals surface area contributed by atoms with E-state index in [4.69, 9.17) is 4.42 Å². The Kier molecular flexibility index (Phi) is 3.38. The molecule has 1 aliphatic rings. The highest BCUT2D eigenvalue weighted by atomic mass is 16.3. The van der Waals surface area contributed by atoms with E-state index in [1.807, 2.05) is 25.3 Å². The first-order chi connectivity index (χ1) is 9.53. The van der Waals surface area contributed by atoms with Crippen molar-refractivity contribution < 1.29 is 4.42 Å². The molecule has 0 aliphatic heterocycles. The lowest BCUT2D eigenvalue weighted by Gasteiger charge is -2.34. The van der Waals surface area contributed by atoms with Gasteiger partial charge in [0.1, 0.15) is 11.5 Å². The topological polar surface area (TPSA) is 38.1 Å². The van der Waals surface area contributed by atoms with Crippen LogP contribution in [0, 0.1) is 12.3 Å². The van der Waals surface area contributed by atoms with Crippen molar-refractivity contribution in [3.05, 3.63) is 53.2 Å². The van der Waals surface area contributed by atoms with Crippen LogP contribution in [0.25, 0.3) is 0 Å². The SMILES string of the molecule is Cc1cc2c(o1)CC(C)(C)CC2NCc1ccccn1. The molecule has 0 fully saturated rings. The van der Waals surface area contributed by atoms with Gasteiger partial charge in [0.2, 0.25) is 0 Å². The fourth-order valence-corrected chi connectivity index (χ4v) is 3.10. The van der Waals surface area contributed by atoms with E-state index in [0.717, 1.165) is 36.6 Å². The number of aryl methyl sites for hydroxylation is 1. The second kappa shape index (κ2) is 5.06. The maximum absolute atomic E-state index is 5.87. The summed E-state index contributed by atoms with van der Waals surface area (Å²) in [6.07, 6.45) is 4.00. The average molecular weight is 270 g/mol. The molecule has 2 aromatic rings. The van der Waals surface area contributed by atoms with Crippen molar-refractivity contribution in [2.24, 2.45) is 5.41 Å². The second-order valence-electron chi connectivity index (χ2n) is 6.54. The minimum Gasteiger partial charge on any atom is -0.466 e. The number of nitrogens with one attached hydrogen (secondary N) is 1. The van der Waals surface area contributed by atoms with Crippen molar-refractivity contribution in [2.75, 3.05) is 0 Å². The lowest BCUT2D eigenvalue weighted by Crippen LogP contribution is -2.32. The first-order valence-electron chi connectivity index (χ1n) is 7.26. The summed E-state index contributed by atoms with van der Waals surface area (Å²) in [6.45, 7) is 7.44. The van der Waals surface area contributed by atoms with Gasteiger partial charge in [0, 0.05) is 30.8 Å². The third-order valence-corrected chi connectivity index (χ3v) is 3.99. The third kappa shape index (κ3) is 2.78. The lowest BCUT2D eigenvalue weighted by atomic mass is 9.74. The van der Waals surface area contributed by atoms with Crippen molar-refractivity contribution in [3.8, 4) is 0 Å². The Morgan fingerprint density at radius 3 is 3.00 bits per heavy atom. The van der Waals surface area contributed by atoms with Crippen molar-refractivity contribution in [1.29, 1.82) is 0 Å². The average Bonchev–Trinajstić information content (AvgIpc) is 2.76. The molecular formula is C17H22N2O. The van der Waals surface area contributed by atoms with Gasteiger partial charge >= 0.3 is 0 Å². The van der Waals surface area contributed by atoms with Gasteiger partial charge in [-0.05, 0) is 37.0 Å². The number of hydrogen-bond donors (Lipinski definition) is 1. The minimum absolute atomic E-state index is 0.277. The Morgan fingerprint density at radius 2 is 2.25 bits per heavy atom. The van der Waals surface area contributed by atoms with Gasteiger partial charge in [-0.15, -0.1) is 0 Å². The summed E-state index contributed by atoms with van der Waals surface area (Å²) in [5, 5.41) is 3.64. The Labute approximate surface area is 120 Å². The smallest absolute Gasteiger partial charge is 0.109 e. The van der Waals surface area contributed by atoms with Crippen LogP contribution in [-0.4, -0.2) is 4.98 Å². The first-order valence-corrected chi connectivity index (χ1v) is 7.26. The second-order valence-corrected chi connectivity index (χ2v) is 6.54. The molecule has 3 nitrogen and oxygen atoms in total. The summed E-state index contributed by atoms with van der Waals surface area (Å²) in [5.74, 6) is 2.16. The van der Waals surface area contributed by atoms with E-state index in [2.05, 4.69) is 36.3 Å². The van der Waals surface area contributed by atoms with Crippen LogP contribution >= 0.6 is 0 Å². The number of pyridine rings is 1. The van der Waals surface area contributed by atoms with Crippen molar-refractivity contribution in [2.45, 2.75) is 46.2 Å². The van der Waals surface area contributed by atoms with Gasteiger partial charge in [0.25, 0.3) is 0 Å². The van der Waals surface area contributed by atoms with Crippen LogP contribution in [0.5, 0.6) is 0 Å². The molecule has 20 heavy (non-hydrogen) atoms. The Morgan fingerprint density at radius 1 is 1.40 bits per heavy atom. The standard InChI is InChI=1S/C17H22N2O/c1-12-8-14-15(9-17(2,3)10-16(14)20-12)19-11-13-6-4-5-7-18-13/h4-8,15,19H,9-11H2,1-3H3. The van der Waals surface area contributed by atoms with Crippen LogP contribution < -0.4 is 5.32 Å². The van der Waals surface area contributed by atoms with Gasteiger partial charge < -0.3 is 9.73 Å². The van der Waals surface area contributed by atoms with E-state index in [-0.39, 0.29) is 5.41 Å². The maximum atomic E-state index is 5.87. The van der Waals surface area contributed by atoms with Crippen molar-refractivity contribution in [1.82, 2.24) is 10.3 Å². The van der Waals surface area contributed by atoms with Crippen LogP contribution in [0.15, 0.2) is 34.9 Å². The molecule has 0 aromatic carbocycles. The summed E-state index contributed by atoms with van der Waals surface area (Å²) >= 11 is 0. The van der Waals surface area contributed by atoms with E-state index >= 15 is 0 Å². The van der Waals surface area contributed by atoms with Crippen LogP contribution in [0.3, 0.4) is 0 Å². The molecule has 106 valence electrons. The van der Waals surface area contributed by atoms with Crippen LogP contribution in [0.4, 0.5) is 0 Å². The molecule has 0 saturated carbocycles. The number of hydrogen-bond acceptors (Lipinski definition) is 3. The highest BCUT2D eigenvalue weighted by Crippen LogP contribution is 2.42. The quantitative estimate of drug-likeness (QED) is 0.922. The molecule has 2 heterocycles. The van der Waals surface area contributed by atoms with E-state index in [0.29, 0.717) is 6.04 Å². The summed E-state index contributed by atoms with van der Waals surface area (Å²) in [5.41, 5.74) is 2.69. The number of nitrogens with zero attached hydrogens (tertiary/aromatic N) is 1. The monoisotopic (exact) mass is 270 g/mol. The first kappa shape index (κ1) is 13.4. The molecule has 1 unspecified atom stereocenters. The zero-order chi connectivity index (χ0) is 14.2. The molecule has 0 radical (unpaired) electrons. The zero-order valence-corrected chi connectivity index (χ0v) is 12.4. The van der Waals surface area contributed by atoms with Crippen LogP contribution in [0.1, 0.15) is 49.1 Å². The van der Waals surface area contributed by atoms with Gasteiger partial charge in [-0.3, -0.25) is 4.98 Å². The molecule has 1 N–H and O–H groups in total. The molecule has 1 aliphatic carbocycles. The van der Waals surface area contributed by atoms with Gasteiger partial charge in [-0.1, -0.05) is 19.9 Å². The molecule has 0 amide bonds. The predicted octanol–water partition coefficient (Wildman–Crippen LogP) is 3.79. The number of rotatable bonds is 3. The number of aromatic nitrogens is 1. The molecule has 3 heteroatoms. The fraction of sp³-hybridized carbons (Fsp3) is 0.471. The Bertz CT molecular complexity index is 586. The molecular weight excluding hydrogens is 248 g/mol. The third-order valence-electron chi connectivity index (χ3n) is 3.99. The predicted molar refractivity (Wildman–Crippen MR) is 79.4 cm³/mol. The Hall–Kier alpha value is -1.61. The largest absolute Gasteiger partial charge is 0.466 e. The van der Waals surface area contributed by atoms with E-state index < -0.39 is 0 Å². The highest BCUT2D eigenvalue weighted by molar-refractivity contribution is 5.29. The molecule has 3 rings (SSSR count). The van der Waals surface area contributed by atoms with Crippen LogP contribution in [-0.2, 0) is 13.0 Å². The molecule has 0 spiro atoms. The molecule has 1 atom stereocenters. The molecule has 2 aromatic heterocycles. The van der Waals surface area contributed by atoms with Gasteiger partial charge in [-0.2, -0.15) is 0 Å². The normalized spacial score (nSPS) is 20.6. The summed E-state index contributed by atoms with van der Waals surface area (Å²) in [7, 11) is 0. The molecule has 0 bridgehead atoms. The molecule has 0 saturated heterocycles. The van der Waals surface area contributed by atoms with Crippen molar-refractivity contribution >= 4 is 0 Å². The number of fused-ring (bicyclic) bond motifs is 1. The fourth-order valence-electron chi connectivity index (χ4n) is 3.10. The van der Waals surface area contributed by atoms with Gasteiger partial charge in [0.05, 0.1) is 5.69 Å². The summed E-state index contributed by atoms with van der Waals surface area (Å²) in [6, 6.07) is 8.57. The van der Waals surface area contributed by atoms with E-state index in [1.165, 1.54) is 5.56 Å². The summed E-state index contributed by atoms with van der Waals surface area (Å²) < 4.78 is 5.87. The zero-order valence-electron chi connectivity index (χ0n) is 12.4. The lowest BCUT2D eigenvalue weighted by molar-refractivity contribution is 0.233. The highest BCUT2D eigenvalue weighted by Gasteiger charge is 2.34. The van der Waals surface area contributed by atoms with E-state index in [1.54, 1.807) is 0 Å².